The number of likely N-dealkylation sites (tertiary alicyclic amines) is 1. The Morgan fingerprint density at radius 2 is 2.17 bits per heavy atom. The first-order valence-corrected chi connectivity index (χ1v) is 7.64. The SMILES string of the molecule is CC(C)N1CCCC(N)C1c1cc(Br)ccc1Cl. The first kappa shape index (κ1) is 14.3. The lowest BCUT2D eigenvalue weighted by atomic mass is 9.90. The molecule has 0 radical (unpaired) electrons. The smallest absolute Gasteiger partial charge is 0.0517 e. The molecule has 4 heteroatoms. The minimum atomic E-state index is 0.160. The predicted molar refractivity (Wildman–Crippen MR) is 80.9 cm³/mol. The van der Waals surface area contributed by atoms with Crippen LogP contribution in [0.3, 0.4) is 0 Å². The van der Waals surface area contributed by atoms with Crippen molar-refractivity contribution < 1.29 is 0 Å². The highest BCUT2D eigenvalue weighted by atomic mass is 79.9. The van der Waals surface area contributed by atoms with Gasteiger partial charge in [0.25, 0.3) is 0 Å². The van der Waals surface area contributed by atoms with Gasteiger partial charge in [0.2, 0.25) is 0 Å². The van der Waals surface area contributed by atoms with E-state index >= 15 is 0 Å². The van der Waals surface area contributed by atoms with Crippen LogP contribution in [0.15, 0.2) is 22.7 Å². The Morgan fingerprint density at radius 1 is 1.44 bits per heavy atom. The van der Waals surface area contributed by atoms with Crippen molar-refractivity contribution in [2.24, 2.45) is 5.73 Å². The van der Waals surface area contributed by atoms with Crippen molar-refractivity contribution in [3.8, 4) is 0 Å². The molecule has 0 amide bonds. The van der Waals surface area contributed by atoms with Gasteiger partial charge in [-0.3, -0.25) is 4.90 Å². The average Bonchev–Trinajstić information content (AvgIpc) is 2.32. The molecule has 100 valence electrons. The van der Waals surface area contributed by atoms with E-state index in [9.17, 15) is 0 Å². The molecule has 1 aromatic rings. The number of hydrogen-bond donors (Lipinski definition) is 1. The van der Waals surface area contributed by atoms with Crippen molar-refractivity contribution >= 4 is 27.5 Å². The Balaban J connectivity index is 2.40. The molecular weight excluding hydrogens is 312 g/mol. The van der Waals surface area contributed by atoms with Gasteiger partial charge in [-0.25, -0.2) is 0 Å². The Kier molecular flexibility index (Phi) is 4.70. The van der Waals surface area contributed by atoms with Crippen molar-refractivity contribution in [3.63, 3.8) is 0 Å². The van der Waals surface area contributed by atoms with E-state index in [1.165, 1.54) is 6.42 Å². The predicted octanol–water partition coefficient (Wildman–Crippen LogP) is 3.98. The summed E-state index contributed by atoms with van der Waals surface area (Å²) in [4.78, 5) is 2.46. The molecule has 0 aromatic heterocycles. The molecule has 0 spiro atoms. The fourth-order valence-corrected chi connectivity index (χ4v) is 3.39. The molecule has 2 N–H and O–H groups in total. The Hall–Kier alpha value is -0.0900. The van der Waals surface area contributed by atoms with Gasteiger partial charge < -0.3 is 5.73 Å². The lowest BCUT2D eigenvalue weighted by molar-refractivity contribution is 0.0947. The average molecular weight is 332 g/mol. The van der Waals surface area contributed by atoms with Crippen LogP contribution in [0.2, 0.25) is 5.02 Å². The third-order valence-corrected chi connectivity index (χ3v) is 4.49. The first-order valence-electron chi connectivity index (χ1n) is 6.47. The largest absolute Gasteiger partial charge is 0.326 e. The third kappa shape index (κ3) is 2.90. The van der Waals surface area contributed by atoms with Crippen LogP contribution in [0.4, 0.5) is 0 Å². The van der Waals surface area contributed by atoms with Crippen LogP contribution in [0.5, 0.6) is 0 Å². The van der Waals surface area contributed by atoms with E-state index in [4.69, 9.17) is 17.3 Å². The highest BCUT2D eigenvalue weighted by Crippen LogP contribution is 2.36. The maximum Gasteiger partial charge on any atom is 0.0517 e. The number of piperidine rings is 1. The fourth-order valence-electron chi connectivity index (χ4n) is 2.78. The van der Waals surface area contributed by atoms with Gasteiger partial charge in [0, 0.05) is 21.6 Å². The lowest BCUT2D eigenvalue weighted by Crippen LogP contribution is -2.48. The van der Waals surface area contributed by atoms with Gasteiger partial charge in [-0.1, -0.05) is 27.5 Å². The van der Waals surface area contributed by atoms with Gasteiger partial charge in [-0.2, -0.15) is 0 Å². The Labute approximate surface area is 123 Å². The van der Waals surface area contributed by atoms with Crippen LogP contribution in [0.1, 0.15) is 38.3 Å². The monoisotopic (exact) mass is 330 g/mol. The number of rotatable bonds is 2. The van der Waals surface area contributed by atoms with Gasteiger partial charge in [-0.15, -0.1) is 0 Å². The number of nitrogens with zero attached hydrogens (tertiary/aromatic N) is 1. The quantitative estimate of drug-likeness (QED) is 0.888. The molecule has 1 aromatic carbocycles. The van der Waals surface area contributed by atoms with Gasteiger partial charge in [0.15, 0.2) is 0 Å². The summed E-state index contributed by atoms with van der Waals surface area (Å²) in [5.74, 6) is 0. The van der Waals surface area contributed by atoms with Crippen LogP contribution in [0, 0.1) is 0 Å². The fraction of sp³-hybridized carbons (Fsp3) is 0.571. The first-order chi connectivity index (χ1) is 8.50. The second-order valence-electron chi connectivity index (χ2n) is 5.25. The zero-order chi connectivity index (χ0) is 13.3. The van der Waals surface area contributed by atoms with Crippen LogP contribution in [-0.4, -0.2) is 23.5 Å². The van der Waals surface area contributed by atoms with Crippen LogP contribution in [-0.2, 0) is 0 Å². The van der Waals surface area contributed by atoms with Crippen molar-refractivity contribution in [1.82, 2.24) is 4.90 Å². The number of benzene rings is 1. The Bertz CT molecular complexity index is 422. The van der Waals surface area contributed by atoms with Crippen LogP contribution in [0.25, 0.3) is 0 Å². The van der Waals surface area contributed by atoms with Crippen molar-refractivity contribution in [2.75, 3.05) is 6.54 Å². The van der Waals surface area contributed by atoms with E-state index in [0.29, 0.717) is 6.04 Å². The zero-order valence-electron chi connectivity index (χ0n) is 10.9. The molecule has 0 aliphatic carbocycles. The second-order valence-corrected chi connectivity index (χ2v) is 6.57. The zero-order valence-corrected chi connectivity index (χ0v) is 13.2. The summed E-state index contributed by atoms with van der Waals surface area (Å²) in [6, 6.07) is 6.89. The third-order valence-electron chi connectivity index (χ3n) is 3.66. The summed E-state index contributed by atoms with van der Waals surface area (Å²) in [7, 11) is 0. The minimum absolute atomic E-state index is 0.160. The lowest BCUT2D eigenvalue weighted by Gasteiger charge is -2.43. The maximum absolute atomic E-state index is 6.36. The molecule has 0 saturated carbocycles. The van der Waals surface area contributed by atoms with E-state index in [2.05, 4.69) is 40.7 Å². The van der Waals surface area contributed by atoms with E-state index < -0.39 is 0 Å². The summed E-state index contributed by atoms with van der Waals surface area (Å²) < 4.78 is 1.06. The molecule has 2 rings (SSSR count). The molecule has 2 nitrogen and oxygen atoms in total. The summed E-state index contributed by atoms with van der Waals surface area (Å²) in [5, 5.41) is 0.811. The maximum atomic E-state index is 6.36. The summed E-state index contributed by atoms with van der Waals surface area (Å²) in [6.07, 6.45) is 2.23. The molecule has 2 atom stereocenters. The Morgan fingerprint density at radius 3 is 2.83 bits per heavy atom. The molecule has 1 fully saturated rings. The van der Waals surface area contributed by atoms with E-state index in [1.807, 2.05) is 12.1 Å². The van der Waals surface area contributed by atoms with Gasteiger partial charge >= 0.3 is 0 Å². The van der Waals surface area contributed by atoms with Crippen LogP contribution >= 0.6 is 27.5 Å². The topological polar surface area (TPSA) is 29.3 Å². The van der Waals surface area contributed by atoms with E-state index in [0.717, 1.165) is 28.0 Å². The van der Waals surface area contributed by atoms with E-state index in [-0.39, 0.29) is 12.1 Å². The molecule has 1 aliphatic heterocycles. The van der Waals surface area contributed by atoms with Crippen LogP contribution < -0.4 is 5.73 Å². The number of halogens is 2. The summed E-state index contributed by atoms with van der Waals surface area (Å²) in [5.41, 5.74) is 7.49. The van der Waals surface area contributed by atoms with Gasteiger partial charge in [-0.05, 0) is 57.0 Å². The minimum Gasteiger partial charge on any atom is -0.326 e. The summed E-state index contributed by atoms with van der Waals surface area (Å²) >= 11 is 9.88. The van der Waals surface area contributed by atoms with Crippen molar-refractivity contribution in [1.29, 1.82) is 0 Å². The molecule has 2 unspecified atom stereocenters. The molecule has 18 heavy (non-hydrogen) atoms. The van der Waals surface area contributed by atoms with Crippen molar-refractivity contribution in [2.45, 2.75) is 44.8 Å². The molecule has 1 aliphatic rings. The number of nitrogens with two attached hydrogens (primary N) is 1. The normalized spacial score (nSPS) is 25.7. The molecule has 0 bridgehead atoms. The summed E-state index contributed by atoms with van der Waals surface area (Å²) in [6.45, 7) is 5.53. The highest BCUT2D eigenvalue weighted by molar-refractivity contribution is 9.10. The van der Waals surface area contributed by atoms with Gasteiger partial charge in [0.1, 0.15) is 0 Å². The standard InChI is InChI=1S/C14H20BrClN2/c1-9(2)18-7-3-4-13(17)14(18)11-8-10(15)5-6-12(11)16/h5-6,8-9,13-14H,3-4,7,17H2,1-2H3. The van der Waals surface area contributed by atoms with Gasteiger partial charge in [0.05, 0.1) is 6.04 Å². The second kappa shape index (κ2) is 5.91. The number of hydrogen-bond acceptors (Lipinski definition) is 2. The molecule has 1 saturated heterocycles. The molecular formula is C14H20BrClN2. The highest BCUT2D eigenvalue weighted by Gasteiger charge is 2.33. The van der Waals surface area contributed by atoms with Crippen molar-refractivity contribution in [3.05, 3.63) is 33.3 Å². The van der Waals surface area contributed by atoms with E-state index in [1.54, 1.807) is 0 Å². The molecule has 1 heterocycles.